The predicted octanol–water partition coefficient (Wildman–Crippen LogP) is 4.63. The van der Waals surface area contributed by atoms with E-state index in [1.807, 2.05) is 0 Å². The Balaban J connectivity index is 1.77. The van der Waals surface area contributed by atoms with E-state index < -0.39 is 5.91 Å². The second kappa shape index (κ2) is 8.45. The largest absolute Gasteiger partial charge is 0.321 e. The molecule has 6 nitrogen and oxygen atoms in total. The van der Waals surface area contributed by atoms with E-state index in [1.165, 1.54) is 6.20 Å². The van der Waals surface area contributed by atoms with Crippen molar-refractivity contribution in [3.63, 3.8) is 0 Å². The van der Waals surface area contributed by atoms with Crippen LogP contribution in [0, 0.1) is 5.41 Å². The smallest absolute Gasteiger partial charge is 0.258 e. The number of rotatable bonds is 5. The monoisotopic (exact) mass is 392 g/mol. The van der Waals surface area contributed by atoms with Crippen molar-refractivity contribution in [2.45, 2.75) is 6.92 Å². The summed E-state index contributed by atoms with van der Waals surface area (Å²) in [7, 11) is 0. The molecular weight excluding hydrogens is 376 g/mol. The van der Waals surface area contributed by atoms with Crippen molar-refractivity contribution in [1.82, 2.24) is 4.98 Å². The first-order chi connectivity index (χ1) is 13.4. The van der Waals surface area contributed by atoms with Crippen LogP contribution in [-0.2, 0) is 0 Å². The maximum absolute atomic E-state index is 12.6. The van der Waals surface area contributed by atoms with Crippen molar-refractivity contribution in [3.8, 4) is 0 Å². The zero-order valence-corrected chi connectivity index (χ0v) is 15.7. The van der Waals surface area contributed by atoms with Gasteiger partial charge < -0.3 is 16.0 Å². The molecule has 0 aliphatic rings. The van der Waals surface area contributed by atoms with E-state index in [9.17, 15) is 9.59 Å². The number of nitrogens with zero attached hydrogens (tertiary/aromatic N) is 1. The summed E-state index contributed by atoms with van der Waals surface area (Å²) in [4.78, 5) is 29.2. The summed E-state index contributed by atoms with van der Waals surface area (Å²) in [5.74, 6) is -0.396. The Hall–Kier alpha value is -3.51. The normalized spacial score (nSPS) is 10.2. The molecule has 7 heteroatoms. The number of aromatic nitrogens is 1. The first kappa shape index (κ1) is 19.3. The third-order valence-electron chi connectivity index (χ3n) is 3.97. The molecule has 0 radical (unpaired) electrons. The fourth-order valence-corrected chi connectivity index (χ4v) is 2.60. The van der Waals surface area contributed by atoms with Crippen LogP contribution in [0.5, 0.6) is 0 Å². The number of anilines is 2. The Morgan fingerprint density at radius 3 is 2.21 bits per heavy atom. The van der Waals surface area contributed by atoms with Crippen LogP contribution >= 0.6 is 11.6 Å². The van der Waals surface area contributed by atoms with Gasteiger partial charge in [-0.3, -0.25) is 9.59 Å². The van der Waals surface area contributed by atoms with Gasteiger partial charge >= 0.3 is 0 Å². The SMILES string of the molecule is CC(=N)c1ccc(C(=O)Nc2ccccc2C(=O)Nc2ccc(Cl)cn2)cc1. The van der Waals surface area contributed by atoms with Crippen molar-refractivity contribution in [3.05, 3.63) is 88.6 Å². The van der Waals surface area contributed by atoms with Crippen molar-refractivity contribution < 1.29 is 9.59 Å². The van der Waals surface area contributed by atoms with E-state index >= 15 is 0 Å². The van der Waals surface area contributed by atoms with E-state index in [-0.39, 0.29) is 5.91 Å². The summed E-state index contributed by atoms with van der Waals surface area (Å²) in [6.45, 7) is 1.68. The fraction of sp³-hybridized carbons (Fsp3) is 0.0476. The summed E-state index contributed by atoms with van der Waals surface area (Å²) in [5.41, 5.74) is 2.28. The van der Waals surface area contributed by atoms with E-state index in [2.05, 4.69) is 15.6 Å². The van der Waals surface area contributed by atoms with E-state index in [1.54, 1.807) is 67.6 Å². The maximum atomic E-state index is 12.6. The number of pyridine rings is 1. The van der Waals surface area contributed by atoms with Crippen LogP contribution in [0.2, 0.25) is 5.02 Å². The lowest BCUT2D eigenvalue weighted by molar-refractivity contribution is 0.102. The molecule has 3 aromatic rings. The summed E-state index contributed by atoms with van der Waals surface area (Å²) in [6.07, 6.45) is 1.44. The molecule has 140 valence electrons. The van der Waals surface area contributed by atoms with Gasteiger partial charge in [0.25, 0.3) is 11.8 Å². The average molecular weight is 393 g/mol. The van der Waals surface area contributed by atoms with E-state index in [0.29, 0.717) is 33.4 Å². The second-order valence-electron chi connectivity index (χ2n) is 6.02. The zero-order valence-electron chi connectivity index (χ0n) is 15.0. The third kappa shape index (κ3) is 4.61. The highest BCUT2D eigenvalue weighted by atomic mass is 35.5. The van der Waals surface area contributed by atoms with Crippen LogP contribution in [-0.4, -0.2) is 22.5 Å². The molecule has 2 amide bonds. The quantitative estimate of drug-likeness (QED) is 0.552. The second-order valence-corrected chi connectivity index (χ2v) is 6.45. The van der Waals surface area contributed by atoms with Gasteiger partial charge in [0.15, 0.2) is 0 Å². The standard InChI is InChI=1S/C21H17ClN4O2/c1-13(23)14-6-8-15(9-7-14)20(27)25-18-5-3-2-4-17(18)21(28)26-19-11-10-16(22)12-24-19/h2-12,23H,1H3,(H,25,27)(H,24,26,28). The van der Waals surface area contributed by atoms with E-state index in [0.717, 1.165) is 5.56 Å². The molecule has 0 spiro atoms. The number of carbonyl (C=O) groups excluding carboxylic acids is 2. The average Bonchev–Trinajstić information content (AvgIpc) is 2.70. The highest BCUT2D eigenvalue weighted by Crippen LogP contribution is 2.19. The Labute approximate surface area is 167 Å². The Kier molecular flexibility index (Phi) is 5.81. The summed E-state index contributed by atoms with van der Waals surface area (Å²) in [6, 6.07) is 16.6. The Morgan fingerprint density at radius 1 is 0.893 bits per heavy atom. The highest BCUT2D eigenvalue weighted by Gasteiger charge is 2.15. The first-order valence-electron chi connectivity index (χ1n) is 8.43. The van der Waals surface area contributed by atoms with Gasteiger partial charge in [-0.05, 0) is 48.9 Å². The number of nitrogens with one attached hydrogen (secondary N) is 3. The first-order valence-corrected chi connectivity index (χ1v) is 8.81. The molecule has 0 atom stereocenters. The minimum atomic E-state index is -0.402. The van der Waals surface area contributed by atoms with Crippen molar-refractivity contribution >= 4 is 40.6 Å². The summed E-state index contributed by atoms with van der Waals surface area (Å²) < 4.78 is 0. The number of carbonyl (C=O) groups is 2. The van der Waals surface area contributed by atoms with Gasteiger partial charge in [0.1, 0.15) is 5.82 Å². The van der Waals surface area contributed by atoms with Crippen molar-refractivity contribution in [2.24, 2.45) is 0 Å². The molecule has 1 aromatic heterocycles. The predicted molar refractivity (Wildman–Crippen MR) is 111 cm³/mol. The third-order valence-corrected chi connectivity index (χ3v) is 4.19. The molecule has 2 aromatic carbocycles. The van der Waals surface area contributed by atoms with Crippen LogP contribution in [0.15, 0.2) is 66.9 Å². The van der Waals surface area contributed by atoms with Gasteiger partial charge in [0, 0.05) is 17.5 Å². The van der Waals surface area contributed by atoms with Gasteiger partial charge in [-0.2, -0.15) is 0 Å². The van der Waals surface area contributed by atoms with Gasteiger partial charge in [0.2, 0.25) is 0 Å². The molecule has 3 rings (SSSR count). The molecule has 0 fully saturated rings. The lowest BCUT2D eigenvalue weighted by Gasteiger charge is -2.11. The summed E-state index contributed by atoms with van der Waals surface area (Å²) in [5, 5.41) is 13.5. The fourth-order valence-electron chi connectivity index (χ4n) is 2.49. The minimum Gasteiger partial charge on any atom is -0.321 e. The van der Waals surface area contributed by atoms with Gasteiger partial charge in [-0.1, -0.05) is 35.9 Å². The number of hydrogen-bond donors (Lipinski definition) is 3. The Bertz CT molecular complexity index is 1030. The molecule has 0 unspecified atom stereocenters. The highest BCUT2D eigenvalue weighted by molar-refractivity contribution is 6.30. The molecule has 0 saturated carbocycles. The molecule has 0 aliphatic heterocycles. The minimum absolute atomic E-state index is 0.305. The molecule has 3 N–H and O–H groups in total. The van der Waals surface area contributed by atoms with Crippen molar-refractivity contribution in [1.29, 1.82) is 5.41 Å². The van der Waals surface area contributed by atoms with Crippen LogP contribution in [0.3, 0.4) is 0 Å². The molecule has 0 bridgehead atoms. The van der Waals surface area contributed by atoms with Gasteiger partial charge in [-0.15, -0.1) is 0 Å². The van der Waals surface area contributed by atoms with Gasteiger partial charge in [-0.25, -0.2) is 4.98 Å². The zero-order chi connectivity index (χ0) is 20.1. The molecule has 1 heterocycles. The maximum Gasteiger partial charge on any atom is 0.258 e. The lowest BCUT2D eigenvalue weighted by Crippen LogP contribution is -2.18. The number of para-hydroxylation sites is 1. The molecular formula is C21H17ClN4O2. The Morgan fingerprint density at radius 2 is 1.57 bits per heavy atom. The summed E-state index contributed by atoms with van der Waals surface area (Å²) >= 11 is 5.80. The van der Waals surface area contributed by atoms with Crippen molar-refractivity contribution in [2.75, 3.05) is 10.6 Å². The number of hydrogen-bond acceptors (Lipinski definition) is 4. The number of benzene rings is 2. The molecule has 28 heavy (non-hydrogen) atoms. The van der Waals surface area contributed by atoms with Crippen LogP contribution in [0.4, 0.5) is 11.5 Å². The van der Waals surface area contributed by atoms with Gasteiger partial charge in [0.05, 0.1) is 16.3 Å². The van der Waals surface area contributed by atoms with Crippen LogP contribution in [0.25, 0.3) is 0 Å². The topological polar surface area (TPSA) is 94.9 Å². The van der Waals surface area contributed by atoms with Crippen LogP contribution < -0.4 is 10.6 Å². The number of halogens is 1. The molecule has 0 saturated heterocycles. The number of amides is 2. The van der Waals surface area contributed by atoms with E-state index in [4.69, 9.17) is 17.0 Å². The lowest BCUT2D eigenvalue weighted by atomic mass is 10.1. The molecule has 0 aliphatic carbocycles. The van der Waals surface area contributed by atoms with Crippen LogP contribution in [0.1, 0.15) is 33.2 Å².